The molecule has 3 aromatic heterocycles. The van der Waals surface area contributed by atoms with E-state index in [0.29, 0.717) is 44.0 Å². The highest BCUT2D eigenvalue weighted by atomic mass is 16.3. The van der Waals surface area contributed by atoms with Crippen molar-refractivity contribution in [1.29, 1.82) is 0 Å². The maximum absolute atomic E-state index is 12.5. The molecule has 0 aliphatic carbocycles. The number of amides is 2. The second kappa shape index (κ2) is 8.55. The summed E-state index contributed by atoms with van der Waals surface area (Å²) in [7, 11) is 0. The fourth-order valence-corrected chi connectivity index (χ4v) is 3.21. The van der Waals surface area contributed by atoms with Crippen molar-refractivity contribution in [3.63, 3.8) is 0 Å². The largest absolute Gasteiger partial charge is 0.459 e. The van der Waals surface area contributed by atoms with Gasteiger partial charge in [0.05, 0.1) is 6.26 Å². The van der Waals surface area contributed by atoms with Gasteiger partial charge in [-0.1, -0.05) is 6.07 Å². The number of hydrogen-bond donors (Lipinski definition) is 1. The third-order valence-corrected chi connectivity index (χ3v) is 4.81. The lowest BCUT2D eigenvalue weighted by molar-refractivity contribution is 0.0714. The Bertz CT molecular complexity index is 967. The fraction of sp³-hybridized carbons (Fsp3) is 0.238. The maximum Gasteiger partial charge on any atom is 0.289 e. The van der Waals surface area contributed by atoms with Gasteiger partial charge in [-0.15, -0.1) is 0 Å². The predicted octanol–water partition coefficient (Wildman–Crippen LogP) is 1.96. The number of nitrogens with one attached hydrogen (secondary N) is 1. The highest BCUT2D eigenvalue weighted by Gasteiger charge is 2.24. The second-order valence-electron chi connectivity index (χ2n) is 6.70. The predicted molar refractivity (Wildman–Crippen MR) is 106 cm³/mol. The molecule has 1 fully saturated rings. The van der Waals surface area contributed by atoms with Gasteiger partial charge in [0.25, 0.3) is 11.8 Å². The van der Waals surface area contributed by atoms with Gasteiger partial charge in [-0.3, -0.25) is 14.6 Å². The van der Waals surface area contributed by atoms with Crippen molar-refractivity contribution in [2.75, 3.05) is 31.1 Å². The summed E-state index contributed by atoms with van der Waals surface area (Å²) in [4.78, 5) is 37.1. The SMILES string of the molecule is O=C(NCc1cccnc1)c1ccnc(N2CCN(C(=O)c3ccco3)CC2)c1. The van der Waals surface area contributed by atoms with Crippen molar-refractivity contribution >= 4 is 17.6 Å². The summed E-state index contributed by atoms with van der Waals surface area (Å²) in [5, 5.41) is 2.89. The number of carbonyl (C=O) groups is 2. The van der Waals surface area contributed by atoms with Crippen LogP contribution in [0.5, 0.6) is 0 Å². The number of anilines is 1. The van der Waals surface area contributed by atoms with Crippen LogP contribution in [0.3, 0.4) is 0 Å². The molecule has 1 saturated heterocycles. The smallest absolute Gasteiger partial charge is 0.289 e. The summed E-state index contributed by atoms with van der Waals surface area (Å²) >= 11 is 0. The molecule has 0 saturated carbocycles. The molecule has 0 radical (unpaired) electrons. The zero-order valence-electron chi connectivity index (χ0n) is 15.8. The van der Waals surface area contributed by atoms with Crippen molar-refractivity contribution in [3.05, 3.63) is 78.1 Å². The lowest BCUT2D eigenvalue weighted by atomic mass is 10.2. The first-order chi connectivity index (χ1) is 14.2. The van der Waals surface area contributed by atoms with Crippen LogP contribution in [-0.4, -0.2) is 52.9 Å². The van der Waals surface area contributed by atoms with E-state index in [1.165, 1.54) is 6.26 Å². The molecule has 0 unspecified atom stereocenters. The molecule has 4 rings (SSSR count). The Hall–Kier alpha value is -3.68. The highest BCUT2D eigenvalue weighted by molar-refractivity contribution is 5.94. The van der Waals surface area contributed by atoms with E-state index in [-0.39, 0.29) is 11.8 Å². The summed E-state index contributed by atoms with van der Waals surface area (Å²) in [5.74, 6) is 0.809. The van der Waals surface area contributed by atoms with Crippen LogP contribution >= 0.6 is 0 Å². The van der Waals surface area contributed by atoms with Gasteiger partial charge in [-0.2, -0.15) is 0 Å². The topological polar surface area (TPSA) is 91.6 Å². The van der Waals surface area contributed by atoms with Gasteiger partial charge in [-0.25, -0.2) is 4.98 Å². The molecule has 1 aliphatic rings. The van der Waals surface area contributed by atoms with Crippen molar-refractivity contribution < 1.29 is 14.0 Å². The molecular weight excluding hydrogens is 370 g/mol. The first-order valence-corrected chi connectivity index (χ1v) is 9.41. The molecule has 8 nitrogen and oxygen atoms in total. The van der Waals surface area contributed by atoms with E-state index < -0.39 is 0 Å². The molecule has 0 atom stereocenters. The Morgan fingerprint density at radius 2 is 1.93 bits per heavy atom. The summed E-state index contributed by atoms with van der Waals surface area (Å²) in [6.07, 6.45) is 6.55. The minimum Gasteiger partial charge on any atom is -0.459 e. The lowest BCUT2D eigenvalue weighted by Gasteiger charge is -2.35. The first kappa shape index (κ1) is 18.7. The average molecular weight is 391 g/mol. The first-order valence-electron chi connectivity index (χ1n) is 9.41. The number of hydrogen-bond acceptors (Lipinski definition) is 6. The van der Waals surface area contributed by atoms with Gasteiger partial charge in [0.1, 0.15) is 5.82 Å². The average Bonchev–Trinajstić information content (AvgIpc) is 3.33. The summed E-state index contributed by atoms with van der Waals surface area (Å²) in [6, 6.07) is 10.6. The van der Waals surface area contributed by atoms with Crippen molar-refractivity contribution in [1.82, 2.24) is 20.2 Å². The van der Waals surface area contributed by atoms with Crippen molar-refractivity contribution in [2.24, 2.45) is 0 Å². The molecule has 0 aromatic carbocycles. The van der Waals surface area contributed by atoms with Gasteiger partial charge in [0, 0.05) is 56.9 Å². The standard InChI is InChI=1S/C21H21N5O3/c27-20(24-15-16-3-1-6-22-14-16)17-5-7-23-19(13-17)25-8-10-26(11-9-25)21(28)18-4-2-12-29-18/h1-7,12-14H,8-11,15H2,(H,24,27). The Labute approximate surface area is 168 Å². The molecule has 3 aromatic rings. The molecule has 2 amide bonds. The van der Waals surface area contributed by atoms with Crippen LogP contribution in [0.25, 0.3) is 0 Å². The van der Waals surface area contributed by atoms with E-state index >= 15 is 0 Å². The number of rotatable bonds is 5. The van der Waals surface area contributed by atoms with E-state index in [0.717, 1.165) is 11.4 Å². The van der Waals surface area contributed by atoms with Crippen molar-refractivity contribution in [3.8, 4) is 0 Å². The quantitative estimate of drug-likeness (QED) is 0.715. The summed E-state index contributed by atoms with van der Waals surface area (Å²) in [6.45, 7) is 2.83. The van der Waals surface area contributed by atoms with Gasteiger partial charge < -0.3 is 19.5 Å². The van der Waals surface area contributed by atoms with Crippen molar-refractivity contribution in [2.45, 2.75) is 6.54 Å². The van der Waals surface area contributed by atoms with Crippen LogP contribution in [0.15, 0.2) is 65.7 Å². The minimum atomic E-state index is -0.163. The Balaban J connectivity index is 1.35. The molecule has 8 heteroatoms. The monoisotopic (exact) mass is 391 g/mol. The van der Waals surface area contributed by atoms with E-state index in [1.54, 1.807) is 47.8 Å². The minimum absolute atomic E-state index is 0.105. The third kappa shape index (κ3) is 4.43. The van der Waals surface area contributed by atoms with Crippen LogP contribution in [0.2, 0.25) is 0 Å². The second-order valence-corrected chi connectivity index (χ2v) is 6.70. The van der Waals surface area contributed by atoms with Crippen LogP contribution in [0.4, 0.5) is 5.82 Å². The fourth-order valence-electron chi connectivity index (χ4n) is 3.21. The normalized spacial score (nSPS) is 13.9. The summed E-state index contributed by atoms with van der Waals surface area (Å²) in [5.41, 5.74) is 1.49. The molecule has 1 N–H and O–H groups in total. The zero-order chi connectivity index (χ0) is 20.1. The molecule has 29 heavy (non-hydrogen) atoms. The van der Waals surface area contributed by atoms with Crippen LogP contribution in [0.1, 0.15) is 26.5 Å². The Kier molecular flexibility index (Phi) is 5.51. The molecule has 0 bridgehead atoms. The number of furan rings is 1. The van der Waals surface area contributed by atoms with E-state index in [1.807, 2.05) is 12.1 Å². The summed E-state index contributed by atoms with van der Waals surface area (Å²) < 4.78 is 5.19. The van der Waals surface area contributed by atoms with Gasteiger partial charge >= 0.3 is 0 Å². The lowest BCUT2D eigenvalue weighted by Crippen LogP contribution is -2.49. The molecule has 4 heterocycles. The zero-order valence-corrected chi connectivity index (χ0v) is 15.8. The van der Waals surface area contributed by atoms with Gasteiger partial charge in [0.2, 0.25) is 0 Å². The number of pyridine rings is 2. The highest BCUT2D eigenvalue weighted by Crippen LogP contribution is 2.17. The molecule has 148 valence electrons. The van der Waals surface area contributed by atoms with E-state index in [2.05, 4.69) is 20.2 Å². The number of carbonyl (C=O) groups excluding carboxylic acids is 2. The number of piperazine rings is 1. The van der Waals surface area contributed by atoms with Gasteiger partial charge in [-0.05, 0) is 35.9 Å². The maximum atomic E-state index is 12.5. The molecule has 0 spiro atoms. The van der Waals surface area contributed by atoms with Crippen LogP contribution in [0, 0.1) is 0 Å². The number of aromatic nitrogens is 2. The van der Waals surface area contributed by atoms with Gasteiger partial charge in [0.15, 0.2) is 5.76 Å². The number of nitrogens with zero attached hydrogens (tertiary/aromatic N) is 4. The van der Waals surface area contributed by atoms with E-state index in [4.69, 9.17) is 4.42 Å². The Morgan fingerprint density at radius 1 is 1.07 bits per heavy atom. The molecular formula is C21H21N5O3. The van der Waals surface area contributed by atoms with E-state index in [9.17, 15) is 9.59 Å². The molecule has 1 aliphatic heterocycles. The van der Waals surface area contributed by atoms with Crippen LogP contribution < -0.4 is 10.2 Å². The third-order valence-electron chi connectivity index (χ3n) is 4.81. The van der Waals surface area contributed by atoms with Crippen LogP contribution in [-0.2, 0) is 6.54 Å². The Morgan fingerprint density at radius 3 is 2.66 bits per heavy atom.